The van der Waals surface area contributed by atoms with Crippen molar-refractivity contribution in [3.8, 4) is 0 Å². The van der Waals surface area contributed by atoms with Gasteiger partial charge in [-0.3, -0.25) is 4.79 Å². The lowest BCUT2D eigenvalue weighted by atomic mass is 10.1. The lowest BCUT2D eigenvalue weighted by Gasteiger charge is -2.39. The number of alkyl halides is 2. The summed E-state index contributed by atoms with van der Waals surface area (Å²) in [4.78, 5) is 16.1. The quantitative estimate of drug-likeness (QED) is 0.784. The van der Waals surface area contributed by atoms with Crippen molar-refractivity contribution in [1.82, 2.24) is 4.98 Å². The van der Waals surface area contributed by atoms with Crippen molar-refractivity contribution in [1.29, 1.82) is 0 Å². The van der Waals surface area contributed by atoms with Gasteiger partial charge in [0.05, 0.1) is 13.1 Å². The van der Waals surface area contributed by atoms with Crippen LogP contribution in [0.15, 0.2) is 18.2 Å². The first-order chi connectivity index (χ1) is 6.98. The van der Waals surface area contributed by atoms with E-state index in [1.165, 1.54) is 11.0 Å². The third kappa shape index (κ3) is 1.88. The van der Waals surface area contributed by atoms with Gasteiger partial charge in [-0.25, -0.2) is 13.8 Å². The summed E-state index contributed by atoms with van der Waals surface area (Å²) in [6, 6.07) is 4.59. The highest BCUT2D eigenvalue weighted by molar-refractivity contribution is 5.91. The Kier molecular flexibility index (Phi) is 2.06. The summed E-state index contributed by atoms with van der Waals surface area (Å²) in [7, 11) is 0. The number of anilines is 1. The van der Waals surface area contributed by atoms with Crippen LogP contribution in [0.4, 0.5) is 14.6 Å². The molecule has 0 radical (unpaired) electrons. The molecular formula is C9H9F2N3O. The Morgan fingerprint density at radius 1 is 1.47 bits per heavy atom. The van der Waals surface area contributed by atoms with Crippen LogP contribution < -0.4 is 10.6 Å². The Balaban J connectivity index is 2.17. The average Bonchev–Trinajstić information content (AvgIpc) is 2.14. The maximum absolute atomic E-state index is 12.6. The average molecular weight is 213 g/mol. The Morgan fingerprint density at radius 2 is 2.13 bits per heavy atom. The molecule has 1 amide bonds. The fourth-order valence-electron chi connectivity index (χ4n) is 1.41. The van der Waals surface area contributed by atoms with Crippen LogP contribution in [0, 0.1) is 0 Å². The van der Waals surface area contributed by atoms with E-state index in [0.717, 1.165) is 0 Å². The fourth-order valence-corrected chi connectivity index (χ4v) is 1.41. The summed E-state index contributed by atoms with van der Waals surface area (Å²) in [6.45, 7) is -0.718. The zero-order valence-corrected chi connectivity index (χ0v) is 7.78. The first kappa shape index (κ1) is 9.82. The van der Waals surface area contributed by atoms with Gasteiger partial charge in [-0.05, 0) is 12.1 Å². The monoisotopic (exact) mass is 213 g/mol. The maximum atomic E-state index is 12.6. The van der Waals surface area contributed by atoms with Gasteiger partial charge >= 0.3 is 0 Å². The highest BCUT2D eigenvalue weighted by atomic mass is 19.3. The van der Waals surface area contributed by atoms with Crippen molar-refractivity contribution in [2.45, 2.75) is 5.92 Å². The van der Waals surface area contributed by atoms with Crippen LogP contribution >= 0.6 is 0 Å². The van der Waals surface area contributed by atoms with Gasteiger partial charge in [-0.1, -0.05) is 6.07 Å². The Morgan fingerprint density at radius 3 is 2.67 bits per heavy atom. The summed E-state index contributed by atoms with van der Waals surface area (Å²) in [5.41, 5.74) is 5.11. The predicted molar refractivity (Wildman–Crippen MR) is 49.9 cm³/mol. The van der Waals surface area contributed by atoms with Crippen molar-refractivity contribution in [2.75, 3.05) is 18.0 Å². The normalized spacial score (nSPS) is 18.4. The molecule has 6 heteroatoms. The van der Waals surface area contributed by atoms with Gasteiger partial charge in [-0.2, -0.15) is 0 Å². The Hall–Kier alpha value is -1.72. The molecule has 15 heavy (non-hydrogen) atoms. The van der Waals surface area contributed by atoms with E-state index in [1.807, 2.05) is 0 Å². The van der Waals surface area contributed by atoms with Crippen LogP contribution in [0.3, 0.4) is 0 Å². The molecule has 80 valence electrons. The minimum absolute atomic E-state index is 0.0858. The number of hydrogen-bond acceptors (Lipinski definition) is 3. The van der Waals surface area contributed by atoms with Crippen molar-refractivity contribution in [3.05, 3.63) is 23.9 Å². The number of nitrogens with two attached hydrogens (primary N) is 1. The molecule has 2 heterocycles. The minimum Gasteiger partial charge on any atom is -0.364 e. The summed E-state index contributed by atoms with van der Waals surface area (Å²) < 4.78 is 25.1. The summed E-state index contributed by atoms with van der Waals surface area (Å²) in [6.07, 6.45) is 0. The van der Waals surface area contributed by atoms with Crippen LogP contribution in [0.1, 0.15) is 10.5 Å². The van der Waals surface area contributed by atoms with Crippen LogP contribution in [0.2, 0.25) is 0 Å². The van der Waals surface area contributed by atoms with E-state index >= 15 is 0 Å². The molecule has 0 atom stereocenters. The second-order valence-corrected chi connectivity index (χ2v) is 3.46. The molecule has 0 saturated carbocycles. The molecule has 1 aromatic rings. The Bertz CT molecular complexity index is 400. The van der Waals surface area contributed by atoms with Crippen molar-refractivity contribution in [2.24, 2.45) is 5.73 Å². The second kappa shape index (κ2) is 3.15. The maximum Gasteiger partial charge on any atom is 0.282 e. The first-order valence-electron chi connectivity index (χ1n) is 4.38. The smallest absolute Gasteiger partial charge is 0.282 e. The van der Waals surface area contributed by atoms with E-state index in [9.17, 15) is 13.6 Å². The molecule has 0 bridgehead atoms. The first-order valence-corrected chi connectivity index (χ1v) is 4.38. The van der Waals surface area contributed by atoms with Crippen molar-refractivity contribution < 1.29 is 13.6 Å². The van der Waals surface area contributed by atoms with Gasteiger partial charge in [0.1, 0.15) is 11.5 Å². The van der Waals surface area contributed by atoms with E-state index in [2.05, 4.69) is 4.98 Å². The molecule has 1 saturated heterocycles. The topological polar surface area (TPSA) is 59.2 Å². The molecule has 1 fully saturated rings. The van der Waals surface area contributed by atoms with E-state index in [4.69, 9.17) is 5.73 Å². The predicted octanol–water partition coefficient (Wildman–Crippen LogP) is 0.636. The number of primary amides is 1. The van der Waals surface area contributed by atoms with Gasteiger partial charge in [-0.15, -0.1) is 0 Å². The number of pyridine rings is 1. The van der Waals surface area contributed by atoms with E-state index < -0.39 is 11.8 Å². The molecule has 1 aliphatic heterocycles. The van der Waals surface area contributed by atoms with E-state index in [0.29, 0.717) is 5.82 Å². The molecule has 2 rings (SSSR count). The SMILES string of the molecule is NC(=O)c1cccc(N2CC(F)(F)C2)n1. The summed E-state index contributed by atoms with van der Waals surface area (Å²) >= 11 is 0. The lowest BCUT2D eigenvalue weighted by molar-refractivity contribution is -0.0267. The number of hydrogen-bond donors (Lipinski definition) is 1. The van der Waals surface area contributed by atoms with E-state index in [-0.39, 0.29) is 18.8 Å². The Labute approximate surface area is 84.7 Å². The zero-order valence-electron chi connectivity index (χ0n) is 7.78. The number of carbonyl (C=O) groups is 1. The molecule has 4 nitrogen and oxygen atoms in total. The zero-order chi connectivity index (χ0) is 11.1. The number of amides is 1. The van der Waals surface area contributed by atoms with Gasteiger partial charge in [0.25, 0.3) is 11.8 Å². The standard InChI is InChI=1S/C9H9F2N3O/c10-9(11)4-14(5-9)7-3-1-2-6(13-7)8(12)15/h1-3H,4-5H2,(H2,12,15). The van der Waals surface area contributed by atoms with Crippen LogP contribution in [0.25, 0.3) is 0 Å². The van der Waals surface area contributed by atoms with Crippen molar-refractivity contribution >= 4 is 11.7 Å². The minimum atomic E-state index is -2.65. The van der Waals surface area contributed by atoms with Gasteiger partial charge in [0.2, 0.25) is 0 Å². The second-order valence-electron chi connectivity index (χ2n) is 3.46. The largest absolute Gasteiger partial charge is 0.364 e. The van der Waals surface area contributed by atoms with Gasteiger partial charge < -0.3 is 10.6 Å². The third-order valence-electron chi connectivity index (χ3n) is 2.16. The molecule has 1 aromatic heterocycles. The van der Waals surface area contributed by atoms with Crippen LogP contribution in [-0.4, -0.2) is 29.9 Å². The van der Waals surface area contributed by atoms with Gasteiger partial charge in [0.15, 0.2) is 0 Å². The number of nitrogens with zero attached hydrogens (tertiary/aromatic N) is 2. The molecule has 0 aromatic carbocycles. The summed E-state index contributed by atoms with van der Waals surface area (Å²) in [5.74, 6) is -2.95. The van der Waals surface area contributed by atoms with E-state index in [1.54, 1.807) is 12.1 Å². The highest BCUT2D eigenvalue weighted by Crippen LogP contribution is 2.30. The van der Waals surface area contributed by atoms with Crippen LogP contribution in [0.5, 0.6) is 0 Å². The highest BCUT2D eigenvalue weighted by Gasteiger charge is 2.44. The molecule has 0 spiro atoms. The lowest BCUT2D eigenvalue weighted by Crippen LogP contribution is -2.56. The number of halogens is 2. The fraction of sp³-hybridized carbons (Fsp3) is 0.333. The van der Waals surface area contributed by atoms with Crippen LogP contribution in [-0.2, 0) is 0 Å². The van der Waals surface area contributed by atoms with Crippen molar-refractivity contribution in [3.63, 3.8) is 0 Å². The number of aromatic nitrogens is 1. The molecule has 0 unspecified atom stereocenters. The number of rotatable bonds is 2. The summed E-state index contributed by atoms with van der Waals surface area (Å²) in [5, 5.41) is 0. The molecule has 2 N–H and O–H groups in total. The molecule has 0 aliphatic carbocycles. The third-order valence-corrected chi connectivity index (χ3v) is 2.16. The number of carbonyl (C=O) groups excluding carboxylic acids is 1. The van der Waals surface area contributed by atoms with Gasteiger partial charge in [0, 0.05) is 0 Å². The molecular weight excluding hydrogens is 204 g/mol. The molecule has 1 aliphatic rings.